The molecule has 0 aliphatic carbocycles. The number of benzene rings is 6. The van der Waals surface area contributed by atoms with E-state index in [1.807, 2.05) is 22.9 Å². The van der Waals surface area contributed by atoms with Crippen molar-refractivity contribution in [3.8, 4) is 22.4 Å². The van der Waals surface area contributed by atoms with E-state index in [4.69, 9.17) is 4.98 Å². The molecule has 41 heavy (non-hydrogen) atoms. The number of nitrogens with zero attached hydrogens (tertiary/aromatic N) is 3. The molecule has 0 radical (unpaired) electrons. The van der Waals surface area contributed by atoms with Gasteiger partial charge < -0.3 is 0 Å². The molecule has 3 nitrogen and oxygen atoms in total. The van der Waals surface area contributed by atoms with E-state index >= 15 is 0 Å². The van der Waals surface area contributed by atoms with Crippen LogP contribution in [0.2, 0.25) is 0 Å². The average Bonchev–Trinajstić information content (AvgIpc) is 3.48. The van der Waals surface area contributed by atoms with Crippen molar-refractivity contribution in [1.82, 2.24) is 14.4 Å². The normalized spacial score (nSPS) is 11.9. The summed E-state index contributed by atoms with van der Waals surface area (Å²) in [6.07, 6.45) is 5.78. The van der Waals surface area contributed by atoms with Gasteiger partial charge in [-0.3, -0.25) is 4.40 Å². The predicted octanol–water partition coefficient (Wildman–Crippen LogP) is 9.83. The van der Waals surface area contributed by atoms with E-state index in [2.05, 4.69) is 120 Å². The van der Waals surface area contributed by atoms with Crippen LogP contribution < -0.4 is 0 Å². The van der Waals surface area contributed by atoms with Gasteiger partial charge >= 0.3 is 0 Å². The molecule has 7 aromatic carbocycles. The Hall–Kier alpha value is -5.54. The van der Waals surface area contributed by atoms with Gasteiger partial charge in [-0.15, -0.1) is 0 Å². The summed E-state index contributed by atoms with van der Waals surface area (Å²) in [6, 6.07) is 44.3. The zero-order chi connectivity index (χ0) is 26.9. The van der Waals surface area contributed by atoms with Gasteiger partial charge in [0.15, 0.2) is 0 Å². The molecule has 0 aliphatic rings. The zero-order valence-electron chi connectivity index (χ0n) is 22.1. The van der Waals surface area contributed by atoms with E-state index in [-0.39, 0.29) is 0 Å². The molecular formula is C38H23N3. The first-order valence-corrected chi connectivity index (χ1v) is 13.9. The lowest BCUT2D eigenvalue weighted by Crippen LogP contribution is -1.88. The van der Waals surface area contributed by atoms with Gasteiger partial charge in [0, 0.05) is 24.2 Å². The fourth-order valence-corrected chi connectivity index (χ4v) is 6.55. The fraction of sp³-hybridized carbons (Fsp3) is 0. The molecule has 0 N–H and O–H groups in total. The molecule has 190 valence electrons. The summed E-state index contributed by atoms with van der Waals surface area (Å²) in [4.78, 5) is 9.07. The Morgan fingerprint density at radius 2 is 1.10 bits per heavy atom. The third-order valence-electron chi connectivity index (χ3n) is 8.43. The Kier molecular flexibility index (Phi) is 4.61. The maximum atomic E-state index is 4.70. The van der Waals surface area contributed by atoms with Gasteiger partial charge in [0.1, 0.15) is 0 Å². The summed E-state index contributed by atoms with van der Waals surface area (Å²) >= 11 is 0. The second-order valence-corrected chi connectivity index (χ2v) is 10.7. The van der Waals surface area contributed by atoms with Crippen LogP contribution in [-0.2, 0) is 0 Å². The first-order valence-electron chi connectivity index (χ1n) is 13.9. The van der Waals surface area contributed by atoms with E-state index in [9.17, 15) is 0 Å². The van der Waals surface area contributed by atoms with Crippen LogP contribution in [0.25, 0.3) is 82.0 Å². The van der Waals surface area contributed by atoms with Crippen LogP contribution in [0, 0.1) is 0 Å². The third kappa shape index (κ3) is 3.33. The van der Waals surface area contributed by atoms with Crippen molar-refractivity contribution in [2.45, 2.75) is 0 Å². The molecular weight excluding hydrogens is 498 g/mol. The molecule has 0 unspecified atom stereocenters. The molecule has 0 atom stereocenters. The third-order valence-corrected chi connectivity index (χ3v) is 8.43. The van der Waals surface area contributed by atoms with E-state index < -0.39 is 0 Å². The molecule has 0 saturated carbocycles. The molecule has 2 heterocycles. The van der Waals surface area contributed by atoms with E-state index in [0.29, 0.717) is 5.78 Å². The van der Waals surface area contributed by atoms with Crippen molar-refractivity contribution in [1.29, 1.82) is 0 Å². The smallest absolute Gasteiger partial charge is 0.234 e. The minimum Gasteiger partial charge on any atom is -0.291 e. The van der Waals surface area contributed by atoms with Crippen LogP contribution in [0.3, 0.4) is 0 Å². The molecule has 9 aromatic rings. The minimum absolute atomic E-state index is 0.707. The SMILES string of the molecule is c1ccc2c(c1)c1ccccc1c1cc(-c3ccc(-c4cn5cccnc5n4)cc3)cc3ccc4cccc2c4c31. The van der Waals surface area contributed by atoms with Gasteiger partial charge in [-0.25, -0.2) is 9.97 Å². The molecule has 0 fully saturated rings. The highest BCUT2D eigenvalue weighted by Crippen LogP contribution is 2.42. The quantitative estimate of drug-likeness (QED) is 0.212. The topological polar surface area (TPSA) is 30.2 Å². The molecule has 0 bridgehead atoms. The van der Waals surface area contributed by atoms with Crippen LogP contribution in [0.15, 0.2) is 140 Å². The van der Waals surface area contributed by atoms with Crippen molar-refractivity contribution < 1.29 is 0 Å². The van der Waals surface area contributed by atoms with Crippen molar-refractivity contribution in [3.63, 3.8) is 0 Å². The van der Waals surface area contributed by atoms with Crippen LogP contribution in [0.1, 0.15) is 0 Å². The molecule has 2 aromatic heterocycles. The Bertz CT molecular complexity index is 2440. The van der Waals surface area contributed by atoms with Crippen LogP contribution in [0.5, 0.6) is 0 Å². The first-order chi connectivity index (χ1) is 20.3. The average molecular weight is 522 g/mol. The number of fused-ring (bicyclic) bond motifs is 6. The van der Waals surface area contributed by atoms with Crippen molar-refractivity contribution >= 4 is 59.6 Å². The fourth-order valence-electron chi connectivity index (χ4n) is 6.55. The first kappa shape index (κ1) is 22.3. The molecule has 3 heteroatoms. The predicted molar refractivity (Wildman–Crippen MR) is 171 cm³/mol. The number of rotatable bonds is 2. The highest BCUT2D eigenvalue weighted by atomic mass is 15.1. The maximum Gasteiger partial charge on any atom is 0.234 e. The minimum atomic E-state index is 0.707. The summed E-state index contributed by atoms with van der Waals surface area (Å²) in [6.45, 7) is 0. The van der Waals surface area contributed by atoms with Crippen molar-refractivity contribution in [3.05, 3.63) is 140 Å². The summed E-state index contributed by atoms with van der Waals surface area (Å²) in [5, 5.41) is 12.8. The number of hydrogen-bond acceptors (Lipinski definition) is 2. The van der Waals surface area contributed by atoms with Crippen LogP contribution in [0.4, 0.5) is 0 Å². The van der Waals surface area contributed by atoms with E-state index in [0.717, 1.165) is 11.3 Å². The van der Waals surface area contributed by atoms with Crippen molar-refractivity contribution in [2.24, 2.45) is 0 Å². The second-order valence-electron chi connectivity index (χ2n) is 10.7. The standard InChI is InChI=1S/C38H23N3/c1-3-10-31-29(8-1)30-9-2-4-11-32(30)34-22-28(21-27-18-17-26-7-5-12-33(31)36(26)37(27)34)24-13-15-25(16-14-24)35-23-41-20-6-19-39-38(41)40-35/h1-23H. The number of imidazole rings is 1. The van der Waals surface area contributed by atoms with Crippen LogP contribution in [-0.4, -0.2) is 14.4 Å². The highest BCUT2D eigenvalue weighted by Gasteiger charge is 2.14. The summed E-state index contributed by atoms with van der Waals surface area (Å²) in [7, 11) is 0. The van der Waals surface area contributed by atoms with Gasteiger partial charge in [0.25, 0.3) is 0 Å². The lowest BCUT2D eigenvalue weighted by atomic mass is 9.88. The van der Waals surface area contributed by atoms with Gasteiger partial charge in [-0.1, -0.05) is 103 Å². The summed E-state index contributed by atoms with van der Waals surface area (Å²) < 4.78 is 1.96. The number of aromatic nitrogens is 3. The zero-order valence-corrected chi connectivity index (χ0v) is 22.1. The Morgan fingerprint density at radius 1 is 0.463 bits per heavy atom. The summed E-state index contributed by atoms with van der Waals surface area (Å²) in [5.41, 5.74) is 4.38. The van der Waals surface area contributed by atoms with Gasteiger partial charge in [0.05, 0.1) is 5.69 Å². The van der Waals surface area contributed by atoms with Crippen LogP contribution >= 0.6 is 0 Å². The van der Waals surface area contributed by atoms with Gasteiger partial charge in [-0.05, 0) is 83.2 Å². The second kappa shape index (κ2) is 8.48. The maximum absolute atomic E-state index is 4.70. The van der Waals surface area contributed by atoms with Gasteiger partial charge in [-0.2, -0.15) is 0 Å². The Morgan fingerprint density at radius 3 is 1.85 bits per heavy atom. The highest BCUT2D eigenvalue weighted by molar-refractivity contribution is 6.33. The Labute approximate surface area is 236 Å². The molecule has 0 aliphatic heterocycles. The monoisotopic (exact) mass is 521 g/mol. The van der Waals surface area contributed by atoms with Crippen molar-refractivity contribution in [2.75, 3.05) is 0 Å². The molecule has 0 amide bonds. The summed E-state index contributed by atoms with van der Waals surface area (Å²) in [5.74, 6) is 0.707. The van der Waals surface area contributed by atoms with Gasteiger partial charge in [0.2, 0.25) is 5.78 Å². The lowest BCUT2D eigenvalue weighted by Gasteiger charge is -2.15. The Balaban J connectivity index is 1.35. The largest absolute Gasteiger partial charge is 0.291 e. The van der Waals surface area contributed by atoms with E-state index in [1.54, 1.807) is 6.20 Å². The van der Waals surface area contributed by atoms with E-state index in [1.165, 1.54) is 65.0 Å². The number of hydrogen-bond donors (Lipinski definition) is 0. The molecule has 0 spiro atoms. The lowest BCUT2D eigenvalue weighted by molar-refractivity contribution is 1.11. The molecule has 9 rings (SSSR count). The molecule has 0 saturated heterocycles.